The Morgan fingerprint density at radius 3 is 2.85 bits per heavy atom. The van der Waals surface area contributed by atoms with Crippen molar-refractivity contribution in [3.63, 3.8) is 0 Å². The number of hydrogen-bond acceptors (Lipinski definition) is 4. The minimum absolute atomic E-state index is 0.204. The van der Waals surface area contributed by atoms with Crippen molar-refractivity contribution in [3.8, 4) is 6.07 Å². The lowest BCUT2D eigenvalue weighted by molar-refractivity contribution is -0.115. The van der Waals surface area contributed by atoms with E-state index in [1.807, 2.05) is 11.8 Å². The SMILES string of the molecule is N#CC1=C(NC2=CC(=O)CCC2)S[C@@H]2CCCCC[C@H]12. The second kappa shape index (κ2) is 6.05. The van der Waals surface area contributed by atoms with E-state index in [9.17, 15) is 10.1 Å². The van der Waals surface area contributed by atoms with Crippen molar-refractivity contribution in [1.82, 2.24) is 5.32 Å². The number of nitriles is 1. The number of nitrogens with zero attached hydrogens (tertiary/aromatic N) is 1. The summed E-state index contributed by atoms with van der Waals surface area (Å²) >= 11 is 1.83. The summed E-state index contributed by atoms with van der Waals surface area (Å²) in [6.45, 7) is 0. The van der Waals surface area contributed by atoms with Gasteiger partial charge in [-0.05, 0) is 25.7 Å². The number of rotatable bonds is 2. The van der Waals surface area contributed by atoms with E-state index in [1.165, 1.54) is 25.7 Å². The molecule has 1 saturated carbocycles. The first-order valence-electron chi connectivity index (χ1n) is 7.59. The van der Waals surface area contributed by atoms with E-state index in [-0.39, 0.29) is 5.78 Å². The van der Waals surface area contributed by atoms with Gasteiger partial charge in [-0.15, -0.1) is 11.8 Å². The molecule has 2 aliphatic carbocycles. The summed E-state index contributed by atoms with van der Waals surface area (Å²) in [6.07, 6.45) is 10.4. The van der Waals surface area contributed by atoms with Crippen molar-refractivity contribution in [2.45, 2.75) is 56.6 Å². The molecule has 3 nitrogen and oxygen atoms in total. The maximum absolute atomic E-state index is 11.5. The zero-order valence-corrected chi connectivity index (χ0v) is 12.5. The lowest BCUT2D eigenvalue weighted by Crippen LogP contribution is -2.16. The summed E-state index contributed by atoms with van der Waals surface area (Å²) < 4.78 is 0. The highest BCUT2D eigenvalue weighted by atomic mass is 32.2. The number of fused-ring (bicyclic) bond motifs is 1. The highest BCUT2D eigenvalue weighted by molar-refractivity contribution is 8.03. The van der Waals surface area contributed by atoms with Crippen molar-refractivity contribution in [2.24, 2.45) is 5.92 Å². The second-order valence-electron chi connectivity index (χ2n) is 5.87. The zero-order valence-electron chi connectivity index (χ0n) is 11.7. The Labute approximate surface area is 124 Å². The Kier molecular flexibility index (Phi) is 4.16. The molecule has 0 amide bonds. The van der Waals surface area contributed by atoms with Gasteiger partial charge in [0.2, 0.25) is 0 Å². The summed E-state index contributed by atoms with van der Waals surface area (Å²) in [5, 5.41) is 14.5. The first kappa shape index (κ1) is 13.8. The van der Waals surface area contributed by atoms with E-state index >= 15 is 0 Å². The van der Waals surface area contributed by atoms with Crippen LogP contribution in [0.15, 0.2) is 22.4 Å². The van der Waals surface area contributed by atoms with E-state index in [4.69, 9.17) is 0 Å². The number of carbonyl (C=O) groups excluding carboxylic acids is 1. The van der Waals surface area contributed by atoms with Crippen LogP contribution in [0.25, 0.3) is 0 Å². The van der Waals surface area contributed by atoms with Crippen LogP contribution in [-0.4, -0.2) is 11.0 Å². The largest absolute Gasteiger partial charge is 0.353 e. The molecule has 1 aliphatic heterocycles. The number of hydrogen-bond donors (Lipinski definition) is 1. The van der Waals surface area contributed by atoms with Gasteiger partial charge in [-0.1, -0.05) is 19.3 Å². The summed E-state index contributed by atoms with van der Waals surface area (Å²) in [5.41, 5.74) is 1.92. The van der Waals surface area contributed by atoms with Crippen LogP contribution in [0.1, 0.15) is 51.4 Å². The fourth-order valence-electron chi connectivity index (χ4n) is 3.39. The molecule has 0 unspecified atom stereocenters. The molecule has 3 rings (SSSR count). The Morgan fingerprint density at radius 1 is 1.20 bits per heavy atom. The number of ketones is 1. The molecular formula is C16H20N2OS. The smallest absolute Gasteiger partial charge is 0.157 e. The minimum atomic E-state index is 0.204. The molecule has 0 aromatic carbocycles. The van der Waals surface area contributed by atoms with Crippen LogP contribution in [0.2, 0.25) is 0 Å². The van der Waals surface area contributed by atoms with Gasteiger partial charge >= 0.3 is 0 Å². The van der Waals surface area contributed by atoms with Crippen molar-refractivity contribution in [1.29, 1.82) is 5.26 Å². The highest BCUT2D eigenvalue weighted by Crippen LogP contribution is 2.47. The molecule has 106 valence electrons. The van der Waals surface area contributed by atoms with Gasteiger partial charge in [0.15, 0.2) is 5.78 Å². The molecule has 0 saturated heterocycles. The Hall–Kier alpha value is -1.21. The van der Waals surface area contributed by atoms with Crippen LogP contribution in [0, 0.1) is 17.2 Å². The van der Waals surface area contributed by atoms with Crippen molar-refractivity contribution < 1.29 is 4.79 Å². The van der Waals surface area contributed by atoms with E-state index < -0.39 is 0 Å². The highest BCUT2D eigenvalue weighted by Gasteiger charge is 2.36. The predicted molar refractivity (Wildman–Crippen MR) is 80.7 cm³/mol. The monoisotopic (exact) mass is 288 g/mol. The average molecular weight is 288 g/mol. The van der Waals surface area contributed by atoms with Crippen LogP contribution in [0.5, 0.6) is 0 Å². The molecule has 20 heavy (non-hydrogen) atoms. The van der Waals surface area contributed by atoms with Gasteiger partial charge in [0.25, 0.3) is 0 Å². The van der Waals surface area contributed by atoms with Crippen molar-refractivity contribution in [2.75, 3.05) is 0 Å². The molecule has 0 aromatic rings. The van der Waals surface area contributed by atoms with E-state index in [2.05, 4.69) is 11.4 Å². The van der Waals surface area contributed by atoms with Gasteiger partial charge in [-0.2, -0.15) is 5.26 Å². The Balaban J connectivity index is 1.79. The topological polar surface area (TPSA) is 52.9 Å². The van der Waals surface area contributed by atoms with Crippen LogP contribution in [0.4, 0.5) is 0 Å². The molecule has 0 spiro atoms. The van der Waals surface area contributed by atoms with E-state index in [0.29, 0.717) is 17.6 Å². The second-order valence-corrected chi connectivity index (χ2v) is 7.12. The third-order valence-corrected chi connectivity index (χ3v) is 5.86. The third-order valence-electron chi connectivity index (χ3n) is 4.44. The van der Waals surface area contributed by atoms with Crippen molar-refractivity contribution in [3.05, 3.63) is 22.4 Å². The average Bonchev–Trinajstić information content (AvgIpc) is 2.60. The fraction of sp³-hybridized carbons (Fsp3) is 0.625. The van der Waals surface area contributed by atoms with Gasteiger partial charge in [0.1, 0.15) is 0 Å². The number of thioether (sulfide) groups is 1. The summed E-state index contributed by atoms with van der Waals surface area (Å²) in [4.78, 5) is 11.5. The van der Waals surface area contributed by atoms with Crippen molar-refractivity contribution >= 4 is 17.5 Å². The molecule has 4 heteroatoms. The molecule has 1 fully saturated rings. The first-order chi connectivity index (χ1) is 9.78. The molecule has 2 atom stereocenters. The summed E-state index contributed by atoms with van der Waals surface area (Å²) in [6, 6.07) is 2.43. The van der Waals surface area contributed by atoms with Gasteiger partial charge in [0.05, 0.1) is 16.7 Å². The number of nitrogens with one attached hydrogen (secondary N) is 1. The molecule has 0 aromatic heterocycles. The fourth-order valence-corrected chi connectivity index (χ4v) is 4.93. The van der Waals surface area contributed by atoms with E-state index in [1.54, 1.807) is 6.08 Å². The normalized spacial score (nSPS) is 30.4. The van der Waals surface area contributed by atoms with Crippen LogP contribution < -0.4 is 5.32 Å². The van der Waals surface area contributed by atoms with E-state index in [0.717, 1.165) is 35.6 Å². The predicted octanol–water partition coefficient (Wildman–Crippen LogP) is 3.64. The zero-order chi connectivity index (χ0) is 13.9. The minimum Gasteiger partial charge on any atom is -0.353 e. The standard InChI is InChI=1S/C16H20N2OS/c17-10-14-13-7-2-1-3-8-15(13)20-16(14)18-11-5-4-6-12(19)9-11/h9,13,15,18H,1-8H2/t13-,15-/m1/s1. The summed E-state index contributed by atoms with van der Waals surface area (Å²) in [7, 11) is 0. The van der Waals surface area contributed by atoms with Gasteiger partial charge < -0.3 is 5.32 Å². The maximum atomic E-state index is 11.5. The maximum Gasteiger partial charge on any atom is 0.157 e. The molecule has 1 heterocycles. The van der Waals surface area contributed by atoms with Gasteiger partial charge in [-0.25, -0.2) is 0 Å². The lowest BCUT2D eigenvalue weighted by atomic mass is 9.92. The van der Waals surface area contributed by atoms with Crippen LogP contribution in [0.3, 0.4) is 0 Å². The van der Waals surface area contributed by atoms with Crippen LogP contribution >= 0.6 is 11.8 Å². The third kappa shape index (κ3) is 2.78. The van der Waals surface area contributed by atoms with Gasteiger partial charge in [0, 0.05) is 29.4 Å². The number of carbonyl (C=O) groups is 1. The molecule has 0 radical (unpaired) electrons. The number of allylic oxidation sites excluding steroid dienone is 3. The Bertz CT molecular complexity index is 515. The van der Waals surface area contributed by atoms with Crippen LogP contribution in [-0.2, 0) is 4.79 Å². The van der Waals surface area contributed by atoms with Gasteiger partial charge in [-0.3, -0.25) is 4.79 Å². The molecule has 0 bridgehead atoms. The molecule has 3 aliphatic rings. The molecular weight excluding hydrogens is 268 g/mol. The lowest BCUT2D eigenvalue weighted by Gasteiger charge is -2.16. The Morgan fingerprint density at radius 2 is 2.05 bits per heavy atom. The first-order valence-corrected chi connectivity index (χ1v) is 8.47. The quantitative estimate of drug-likeness (QED) is 0.842. The summed E-state index contributed by atoms with van der Waals surface area (Å²) in [5.74, 6) is 0.630. The molecule has 1 N–H and O–H groups in total.